The molecule has 0 amide bonds. The fraction of sp³-hybridized carbons (Fsp3) is 0.294. The van der Waals surface area contributed by atoms with Gasteiger partial charge in [-0.2, -0.15) is 0 Å². The molecule has 0 radical (unpaired) electrons. The van der Waals surface area contributed by atoms with Crippen LogP contribution >= 0.6 is 27.5 Å². The smallest absolute Gasteiger partial charge is 0.123 e. The van der Waals surface area contributed by atoms with Gasteiger partial charge in [0.2, 0.25) is 0 Å². The van der Waals surface area contributed by atoms with E-state index in [1.807, 2.05) is 24.3 Å². The van der Waals surface area contributed by atoms with E-state index in [4.69, 9.17) is 11.6 Å². The van der Waals surface area contributed by atoms with Crippen molar-refractivity contribution in [3.8, 4) is 0 Å². The third-order valence-electron chi connectivity index (χ3n) is 3.39. The van der Waals surface area contributed by atoms with Gasteiger partial charge in [0.1, 0.15) is 5.82 Å². The average Bonchev–Trinajstić information content (AvgIpc) is 2.45. The fourth-order valence-electron chi connectivity index (χ4n) is 2.40. The summed E-state index contributed by atoms with van der Waals surface area (Å²) in [6, 6.07) is 12.9. The monoisotopic (exact) mass is 369 g/mol. The van der Waals surface area contributed by atoms with E-state index in [1.54, 1.807) is 12.1 Å². The number of benzene rings is 2. The van der Waals surface area contributed by atoms with Gasteiger partial charge in [0.05, 0.1) is 0 Å². The van der Waals surface area contributed by atoms with E-state index < -0.39 is 0 Å². The molecule has 0 aromatic heterocycles. The van der Waals surface area contributed by atoms with Crippen LogP contribution < -0.4 is 5.32 Å². The first-order valence-corrected chi connectivity index (χ1v) is 8.18. The summed E-state index contributed by atoms with van der Waals surface area (Å²) in [5.74, 6) is -0.207. The Balaban J connectivity index is 2.16. The molecular weight excluding hydrogens is 353 g/mol. The van der Waals surface area contributed by atoms with Gasteiger partial charge < -0.3 is 5.32 Å². The van der Waals surface area contributed by atoms with Gasteiger partial charge in [-0.25, -0.2) is 4.39 Å². The molecule has 0 saturated carbocycles. The first-order chi connectivity index (χ1) is 10.1. The van der Waals surface area contributed by atoms with Crippen LogP contribution in [-0.4, -0.2) is 12.6 Å². The van der Waals surface area contributed by atoms with Gasteiger partial charge in [0.25, 0.3) is 0 Å². The molecule has 0 fully saturated rings. The minimum absolute atomic E-state index is 0.207. The van der Waals surface area contributed by atoms with Crippen molar-refractivity contribution in [3.63, 3.8) is 0 Å². The highest BCUT2D eigenvalue weighted by atomic mass is 79.9. The largest absolute Gasteiger partial charge is 0.314 e. The maximum Gasteiger partial charge on any atom is 0.123 e. The number of halogens is 3. The van der Waals surface area contributed by atoms with E-state index in [-0.39, 0.29) is 11.9 Å². The van der Waals surface area contributed by atoms with Gasteiger partial charge in [-0.05, 0) is 54.8 Å². The first-order valence-electron chi connectivity index (χ1n) is 7.01. The summed E-state index contributed by atoms with van der Waals surface area (Å²) < 4.78 is 14.3. The Kier molecular flexibility index (Phi) is 6.22. The molecule has 1 nitrogen and oxygen atoms in total. The highest BCUT2D eigenvalue weighted by Crippen LogP contribution is 2.22. The summed E-state index contributed by atoms with van der Waals surface area (Å²) in [5, 5.41) is 4.23. The molecule has 0 aliphatic rings. The predicted octanol–water partition coefficient (Wildman–Crippen LogP) is 5.00. The molecule has 0 saturated heterocycles. The third kappa shape index (κ3) is 4.80. The molecule has 1 N–H and O–H groups in total. The topological polar surface area (TPSA) is 12.0 Å². The van der Waals surface area contributed by atoms with Crippen LogP contribution in [0.2, 0.25) is 5.02 Å². The van der Waals surface area contributed by atoms with E-state index in [9.17, 15) is 4.39 Å². The zero-order chi connectivity index (χ0) is 15.2. The molecular formula is C17H18BrClFN. The minimum atomic E-state index is -0.207. The summed E-state index contributed by atoms with van der Waals surface area (Å²) in [6.07, 6.45) is 1.56. The Labute approximate surface area is 138 Å². The van der Waals surface area contributed by atoms with Crippen LogP contribution in [0.3, 0.4) is 0 Å². The third-order valence-corrected chi connectivity index (χ3v) is 4.53. The molecule has 1 unspecified atom stereocenters. The molecule has 0 spiro atoms. The maximum atomic E-state index is 13.4. The molecule has 0 aliphatic heterocycles. The predicted molar refractivity (Wildman–Crippen MR) is 90.4 cm³/mol. The van der Waals surface area contributed by atoms with E-state index in [0.717, 1.165) is 40.0 Å². The Morgan fingerprint density at radius 3 is 2.57 bits per heavy atom. The van der Waals surface area contributed by atoms with Crippen LogP contribution in [0.1, 0.15) is 18.1 Å². The standard InChI is InChI=1S/C17H18BrClFN/c1-2-21-15(10-12-5-3-4-6-17(12)19)11-13-9-14(20)7-8-16(13)18/h3-9,15,21H,2,10-11H2,1H3. The Morgan fingerprint density at radius 2 is 1.86 bits per heavy atom. The molecule has 2 rings (SSSR count). The highest BCUT2D eigenvalue weighted by Gasteiger charge is 2.13. The van der Waals surface area contributed by atoms with Gasteiger partial charge in [-0.15, -0.1) is 0 Å². The summed E-state index contributed by atoms with van der Waals surface area (Å²) in [5.41, 5.74) is 2.07. The number of nitrogens with one attached hydrogen (secondary N) is 1. The van der Waals surface area contributed by atoms with Gasteiger partial charge in [0, 0.05) is 15.5 Å². The molecule has 0 aliphatic carbocycles. The lowest BCUT2D eigenvalue weighted by atomic mass is 9.99. The summed E-state index contributed by atoms with van der Waals surface area (Å²) in [6.45, 7) is 2.93. The lowest BCUT2D eigenvalue weighted by molar-refractivity contribution is 0.519. The average molecular weight is 371 g/mol. The zero-order valence-electron chi connectivity index (χ0n) is 11.9. The Morgan fingerprint density at radius 1 is 1.14 bits per heavy atom. The molecule has 4 heteroatoms. The van der Waals surface area contributed by atoms with Gasteiger partial charge in [0.15, 0.2) is 0 Å². The van der Waals surface area contributed by atoms with Crippen molar-refractivity contribution in [2.24, 2.45) is 0 Å². The molecule has 0 bridgehead atoms. The van der Waals surface area contributed by atoms with Crippen molar-refractivity contribution < 1.29 is 4.39 Å². The van der Waals surface area contributed by atoms with Gasteiger partial charge >= 0.3 is 0 Å². The molecule has 2 aromatic rings. The number of likely N-dealkylation sites (N-methyl/N-ethyl adjacent to an activating group) is 1. The van der Waals surface area contributed by atoms with Crippen LogP contribution in [0.15, 0.2) is 46.9 Å². The van der Waals surface area contributed by atoms with Crippen LogP contribution in [0, 0.1) is 5.82 Å². The first kappa shape index (κ1) is 16.5. The fourth-order valence-corrected chi connectivity index (χ4v) is 3.02. The number of hydrogen-bond donors (Lipinski definition) is 1. The lowest BCUT2D eigenvalue weighted by Gasteiger charge is -2.19. The maximum absolute atomic E-state index is 13.4. The Hall–Kier alpha value is -0.900. The van der Waals surface area contributed by atoms with E-state index in [1.165, 1.54) is 6.07 Å². The van der Waals surface area contributed by atoms with Gasteiger partial charge in [-0.1, -0.05) is 52.7 Å². The van der Waals surface area contributed by atoms with Crippen molar-refractivity contribution >= 4 is 27.5 Å². The lowest BCUT2D eigenvalue weighted by Crippen LogP contribution is -2.33. The number of hydrogen-bond acceptors (Lipinski definition) is 1. The molecule has 0 heterocycles. The normalized spacial score (nSPS) is 12.4. The SMILES string of the molecule is CCNC(Cc1ccccc1Cl)Cc1cc(F)ccc1Br. The zero-order valence-corrected chi connectivity index (χ0v) is 14.2. The second-order valence-corrected chi connectivity index (χ2v) is 6.25. The molecule has 112 valence electrons. The Bertz CT molecular complexity index is 603. The number of rotatable bonds is 6. The summed E-state index contributed by atoms with van der Waals surface area (Å²) in [7, 11) is 0. The van der Waals surface area contributed by atoms with Crippen molar-refractivity contribution in [2.45, 2.75) is 25.8 Å². The van der Waals surface area contributed by atoms with E-state index in [0.29, 0.717) is 0 Å². The van der Waals surface area contributed by atoms with Crippen LogP contribution in [0.5, 0.6) is 0 Å². The quantitative estimate of drug-likeness (QED) is 0.754. The molecule has 21 heavy (non-hydrogen) atoms. The minimum Gasteiger partial charge on any atom is -0.314 e. The molecule has 1 atom stereocenters. The van der Waals surface area contributed by atoms with Crippen molar-refractivity contribution in [1.29, 1.82) is 0 Å². The van der Waals surface area contributed by atoms with Crippen molar-refractivity contribution in [2.75, 3.05) is 6.54 Å². The molecule has 2 aromatic carbocycles. The van der Waals surface area contributed by atoms with E-state index >= 15 is 0 Å². The van der Waals surface area contributed by atoms with Crippen LogP contribution in [-0.2, 0) is 12.8 Å². The van der Waals surface area contributed by atoms with Crippen molar-refractivity contribution in [1.82, 2.24) is 5.32 Å². The van der Waals surface area contributed by atoms with Crippen LogP contribution in [0.25, 0.3) is 0 Å². The second kappa shape index (κ2) is 7.92. The summed E-state index contributed by atoms with van der Waals surface area (Å²) >= 11 is 9.72. The van der Waals surface area contributed by atoms with E-state index in [2.05, 4.69) is 28.2 Å². The summed E-state index contributed by atoms with van der Waals surface area (Å²) in [4.78, 5) is 0. The second-order valence-electron chi connectivity index (χ2n) is 4.99. The highest BCUT2D eigenvalue weighted by molar-refractivity contribution is 9.10. The van der Waals surface area contributed by atoms with Crippen LogP contribution in [0.4, 0.5) is 4.39 Å². The van der Waals surface area contributed by atoms with Gasteiger partial charge in [-0.3, -0.25) is 0 Å². The van der Waals surface area contributed by atoms with Crippen molar-refractivity contribution in [3.05, 3.63) is 68.9 Å².